The van der Waals surface area contributed by atoms with Gasteiger partial charge in [0.15, 0.2) is 0 Å². The van der Waals surface area contributed by atoms with E-state index in [0.717, 1.165) is 11.1 Å². The van der Waals surface area contributed by atoms with Gasteiger partial charge in [-0.15, -0.1) is 0 Å². The van der Waals surface area contributed by atoms with Crippen molar-refractivity contribution < 1.29 is 27.1 Å². The number of sulfone groups is 1. The maximum absolute atomic E-state index is 12.0. The lowest BCUT2D eigenvalue weighted by Gasteiger charge is -2.19. The third-order valence-electron chi connectivity index (χ3n) is 2.73. The summed E-state index contributed by atoms with van der Waals surface area (Å²) in [7, 11) is -7.42. The minimum atomic E-state index is -3.79. The summed E-state index contributed by atoms with van der Waals surface area (Å²) < 4.78 is 45.9. The van der Waals surface area contributed by atoms with E-state index in [2.05, 4.69) is 27.3 Å². The summed E-state index contributed by atoms with van der Waals surface area (Å²) in [5.74, 6) is -0.0776. The van der Waals surface area contributed by atoms with Gasteiger partial charge in [-0.2, -0.15) is 0 Å². The molecule has 0 aromatic heterocycles. The number of hydrogen-bond acceptors (Lipinski definition) is 5. The number of benzene rings is 1. The predicted molar refractivity (Wildman–Crippen MR) is 90.5 cm³/mol. The Morgan fingerprint density at radius 3 is 2.35 bits per heavy atom. The molecule has 0 heterocycles. The van der Waals surface area contributed by atoms with Crippen LogP contribution in [0.1, 0.15) is 13.8 Å². The fourth-order valence-corrected chi connectivity index (χ4v) is 2.86. The Bertz CT molecular complexity index is 727. The zero-order chi connectivity index (χ0) is 17.7. The summed E-state index contributed by atoms with van der Waals surface area (Å²) in [6.45, 7) is 4.51. The zero-order valence-electron chi connectivity index (χ0n) is 12.9. The van der Waals surface area contributed by atoms with Gasteiger partial charge in [-0.1, -0.05) is 29.8 Å². The lowest BCUT2D eigenvalue weighted by Crippen LogP contribution is -2.23. The van der Waals surface area contributed by atoms with Gasteiger partial charge in [-0.3, -0.25) is 4.57 Å². The van der Waals surface area contributed by atoms with Gasteiger partial charge < -0.3 is 14.2 Å². The van der Waals surface area contributed by atoms with E-state index in [1.54, 1.807) is 26.0 Å². The standard InChI is InChI=1S/C14H18BrO6PS/c1-11(2)14(10-21-22(3,16)17)20-8-9-23(18,19)13-6-4-12(15)5-7-13/h4-7,11,14H,10H2,1-3H3,(H,16,17). The Morgan fingerprint density at radius 2 is 1.87 bits per heavy atom. The lowest BCUT2D eigenvalue weighted by molar-refractivity contribution is 0.0633. The maximum atomic E-state index is 12.0. The molecule has 0 aliphatic heterocycles. The minimum Gasteiger partial charge on any atom is -0.440 e. The summed E-state index contributed by atoms with van der Waals surface area (Å²) in [5, 5.41) is 2.07. The fourth-order valence-electron chi connectivity index (χ4n) is 1.40. The molecule has 2 unspecified atom stereocenters. The maximum Gasteiger partial charge on any atom is 0.325 e. The molecular weight excluding hydrogens is 407 g/mol. The summed E-state index contributed by atoms with van der Waals surface area (Å²) in [5.41, 5.74) is 0. The van der Waals surface area contributed by atoms with Gasteiger partial charge in [0.05, 0.1) is 16.8 Å². The average Bonchev–Trinajstić information content (AvgIpc) is 2.41. The topological polar surface area (TPSA) is 89.9 Å². The number of hydrogen-bond donors (Lipinski definition) is 1. The highest BCUT2D eigenvalue weighted by Gasteiger charge is 2.20. The lowest BCUT2D eigenvalue weighted by atomic mass is 10.1. The molecule has 1 N–H and O–H groups in total. The van der Waals surface area contributed by atoms with Crippen LogP contribution in [0.5, 0.6) is 0 Å². The van der Waals surface area contributed by atoms with Crippen LogP contribution in [0.3, 0.4) is 0 Å². The van der Waals surface area contributed by atoms with Crippen molar-refractivity contribution in [3.63, 3.8) is 0 Å². The first-order chi connectivity index (χ1) is 10.5. The smallest absolute Gasteiger partial charge is 0.325 e. The molecule has 0 aliphatic rings. The molecule has 1 rings (SSSR count). The van der Waals surface area contributed by atoms with E-state index in [4.69, 9.17) is 14.2 Å². The Kier molecular flexibility index (Phi) is 7.30. The molecule has 1 aromatic carbocycles. The normalized spacial score (nSPS) is 15.4. The second kappa shape index (κ2) is 8.32. The van der Waals surface area contributed by atoms with Gasteiger partial charge in [0, 0.05) is 11.1 Å². The highest BCUT2D eigenvalue weighted by Crippen LogP contribution is 2.37. The van der Waals surface area contributed by atoms with Crippen molar-refractivity contribution >= 4 is 33.4 Å². The van der Waals surface area contributed by atoms with Gasteiger partial charge in [-0.05, 0) is 30.2 Å². The fraction of sp³-hybridized carbons (Fsp3) is 0.429. The molecule has 0 saturated heterocycles. The van der Waals surface area contributed by atoms with Crippen LogP contribution in [0.25, 0.3) is 0 Å². The van der Waals surface area contributed by atoms with Crippen LogP contribution in [0.2, 0.25) is 0 Å². The number of ether oxygens (including phenoxy) is 1. The van der Waals surface area contributed by atoms with Crippen LogP contribution in [0, 0.1) is 17.3 Å². The molecule has 0 aliphatic carbocycles. The van der Waals surface area contributed by atoms with E-state index >= 15 is 0 Å². The van der Waals surface area contributed by atoms with Crippen LogP contribution in [-0.4, -0.2) is 32.7 Å². The third kappa shape index (κ3) is 7.51. The Hall–Kier alpha value is -0.840. The number of halogens is 1. The molecular formula is C14H18BrO6PS. The second-order valence-corrected chi connectivity index (χ2v) is 9.62. The first-order valence-electron chi connectivity index (χ1n) is 6.64. The van der Waals surface area contributed by atoms with E-state index in [1.165, 1.54) is 12.1 Å². The highest BCUT2D eigenvalue weighted by molar-refractivity contribution is 9.10. The Balaban J connectivity index is 2.80. The van der Waals surface area contributed by atoms with Crippen LogP contribution >= 0.6 is 23.5 Å². The highest BCUT2D eigenvalue weighted by atomic mass is 79.9. The average molecular weight is 425 g/mol. The molecule has 0 fully saturated rings. The van der Waals surface area contributed by atoms with Gasteiger partial charge in [-0.25, -0.2) is 8.42 Å². The van der Waals surface area contributed by atoms with Crippen molar-refractivity contribution in [1.82, 2.24) is 0 Å². The van der Waals surface area contributed by atoms with Crippen molar-refractivity contribution in [3.8, 4) is 11.4 Å². The zero-order valence-corrected chi connectivity index (χ0v) is 16.2. The SMILES string of the molecule is CC(C)C(COP(C)(=O)O)OC#CS(=O)(=O)c1ccc(Br)cc1. The second-order valence-electron chi connectivity index (χ2n) is 5.16. The number of rotatable bonds is 6. The first-order valence-corrected chi connectivity index (χ1v) is 10.9. The van der Waals surface area contributed by atoms with Gasteiger partial charge >= 0.3 is 7.60 Å². The van der Waals surface area contributed by atoms with E-state index in [1.807, 2.05) is 0 Å². The third-order valence-corrected chi connectivity index (χ3v) is 5.13. The Labute approximate surface area is 144 Å². The van der Waals surface area contributed by atoms with Crippen LogP contribution in [0.4, 0.5) is 0 Å². The van der Waals surface area contributed by atoms with Gasteiger partial charge in [0.25, 0.3) is 0 Å². The van der Waals surface area contributed by atoms with Crippen molar-refractivity contribution in [3.05, 3.63) is 28.7 Å². The van der Waals surface area contributed by atoms with Crippen LogP contribution in [-0.2, 0) is 23.7 Å². The molecule has 128 valence electrons. The molecule has 9 heteroatoms. The van der Waals surface area contributed by atoms with Gasteiger partial charge in [0.1, 0.15) is 12.2 Å². The van der Waals surface area contributed by atoms with Crippen molar-refractivity contribution in [1.29, 1.82) is 0 Å². The molecule has 0 radical (unpaired) electrons. The van der Waals surface area contributed by atoms with Crippen molar-refractivity contribution in [2.24, 2.45) is 5.92 Å². The van der Waals surface area contributed by atoms with Crippen LogP contribution in [0.15, 0.2) is 33.6 Å². The van der Waals surface area contributed by atoms with E-state index in [9.17, 15) is 13.0 Å². The molecule has 2 atom stereocenters. The van der Waals surface area contributed by atoms with Crippen molar-refractivity contribution in [2.75, 3.05) is 13.3 Å². The molecule has 6 nitrogen and oxygen atoms in total. The molecule has 0 spiro atoms. The minimum absolute atomic E-state index is 0.0579. The molecule has 23 heavy (non-hydrogen) atoms. The van der Waals surface area contributed by atoms with Gasteiger partial charge in [0.2, 0.25) is 9.84 Å². The monoisotopic (exact) mass is 424 g/mol. The first kappa shape index (κ1) is 20.2. The predicted octanol–water partition coefficient (Wildman–Crippen LogP) is 3.01. The largest absolute Gasteiger partial charge is 0.440 e. The van der Waals surface area contributed by atoms with Crippen LogP contribution < -0.4 is 0 Å². The quantitative estimate of drug-likeness (QED) is 0.557. The van der Waals surface area contributed by atoms with E-state index in [0.29, 0.717) is 0 Å². The molecule has 0 saturated carbocycles. The summed E-state index contributed by atoms with van der Waals surface area (Å²) in [4.78, 5) is 9.17. The van der Waals surface area contributed by atoms with E-state index < -0.39 is 23.5 Å². The molecule has 0 bridgehead atoms. The summed E-state index contributed by atoms with van der Waals surface area (Å²) in [6.07, 6.45) is 1.53. The Morgan fingerprint density at radius 1 is 1.30 bits per heavy atom. The molecule has 0 amide bonds. The molecule has 1 aromatic rings. The van der Waals surface area contributed by atoms with E-state index in [-0.39, 0.29) is 17.4 Å². The van der Waals surface area contributed by atoms with Crippen molar-refractivity contribution in [2.45, 2.75) is 24.8 Å². The summed E-state index contributed by atoms with van der Waals surface area (Å²) in [6, 6.07) is 6.05. The summed E-state index contributed by atoms with van der Waals surface area (Å²) >= 11 is 3.22.